The number of carbonyl (C=O) groups excluding carboxylic acids is 4. The molecule has 0 radical (unpaired) electrons. The highest BCUT2D eigenvalue weighted by Gasteiger charge is 2.74. The summed E-state index contributed by atoms with van der Waals surface area (Å²) in [5.74, 6) is -5.44. The van der Waals surface area contributed by atoms with Gasteiger partial charge in [-0.25, -0.2) is 9.29 Å². The number of imide groups is 1. The average molecular weight is 455 g/mol. The van der Waals surface area contributed by atoms with Crippen LogP contribution < -0.4 is 4.90 Å². The maximum Gasteiger partial charge on any atom is 0.241 e. The Labute approximate surface area is 193 Å². The first-order chi connectivity index (χ1) is 16.3. The van der Waals surface area contributed by atoms with Crippen LogP contribution in [0.2, 0.25) is 0 Å². The molecular formula is C27H18FNO5. The summed E-state index contributed by atoms with van der Waals surface area (Å²) < 4.78 is 19.7. The normalized spacial score (nSPS) is 24.8. The predicted octanol–water partition coefficient (Wildman–Crippen LogP) is 3.83. The number of hydrogen-bond donors (Lipinski definition) is 0. The van der Waals surface area contributed by atoms with Gasteiger partial charge in [-0.05, 0) is 36.8 Å². The first-order valence-electron chi connectivity index (χ1n) is 10.9. The smallest absolute Gasteiger partial charge is 0.241 e. The summed E-state index contributed by atoms with van der Waals surface area (Å²) in [6.07, 6.45) is -0.977. The Balaban J connectivity index is 1.54. The summed E-state index contributed by atoms with van der Waals surface area (Å²) >= 11 is 0. The van der Waals surface area contributed by atoms with Crippen LogP contribution in [0.4, 0.5) is 10.1 Å². The Morgan fingerprint density at radius 3 is 1.97 bits per heavy atom. The molecule has 7 heteroatoms. The molecule has 0 N–H and O–H groups in total. The summed E-state index contributed by atoms with van der Waals surface area (Å²) in [5.41, 5.74) is -0.0104. The van der Waals surface area contributed by atoms with Crippen LogP contribution in [0.25, 0.3) is 0 Å². The standard InChI is InChI=1S/C27H18FNO5/c1-14-6-8-15(9-7-14)22-20-21(26(33)29(25(20)32)17-12-10-16(28)11-13-17)27(34-22)23(30)18-4-2-3-5-19(18)24(27)31/h2-13,20-22H,1H3/t20-,21+,22-/m0/s1. The molecule has 0 unspecified atom stereocenters. The fourth-order valence-corrected chi connectivity index (χ4v) is 5.42. The van der Waals surface area contributed by atoms with E-state index in [1.54, 1.807) is 24.3 Å². The SMILES string of the molecule is Cc1ccc([C@@H]2OC3(C(=O)c4ccccc4C3=O)[C@H]3C(=O)N(c4ccc(F)cc4)C(=O)[C@H]23)cc1. The molecule has 2 heterocycles. The van der Waals surface area contributed by atoms with E-state index in [-0.39, 0.29) is 16.8 Å². The monoisotopic (exact) mass is 455 g/mol. The van der Waals surface area contributed by atoms with Crippen molar-refractivity contribution >= 4 is 29.1 Å². The van der Waals surface area contributed by atoms with Crippen LogP contribution in [0, 0.1) is 24.6 Å². The van der Waals surface area contributed by atoms with Gasteiger partial charge in [0.15, 0.2) is 0 Å². The zero-order valence-corrected chi connectivity index (χ0v) is 18.0. The van der Waals surface area contributed by atoms with E-state index in [0.29, 0.717) is 5.56 Å². The number of halogens is 1. The number of carbonyl (C=O) groups is 4. The summed E-state index contributed by atoms with van der Waals surface area (Å²) in [7, 11) is 0. The molecule has 0 saturated carbocycles. The lowest BCUT2D eigenvalue weighted by Crippen LogP contribution is -2.51. The van der Waals surface area contributed by atoms with Gasteiger partial charge in [0.25, 0.3) is 0 Å². The van der Waals surface area contributed by atoms with E-state index in [1.165, 1.54) is 24.3 Å². The summed E-state index contributed by atoms with van der Waals surface area (Å²) in [5, 5.41) is 0. The second kappa shape index (κ2) is 7.01. The molecule has 1 spiro atoms. The van der Waals surface area contributed by atoms with E-state index in [0.717, 1.165) is 22.6 Å². The van der Waals surface area contributed by atoms with Crippen molar-refractivity contribution in [2.75, 3.05) is 4.90 Å². The lowest BCUT2D eigenvalue weighted by Gasteiger charge is -2.27. The molecule has 0 bridgehead atoms. The molecule has 6 rings (SSSR count). The number of Topliss-reactive ketones (excluding diaryl/α,β-unsaturated/α-hetero) is 2. The fraction of sp³-hybridized carbons (Fsp3) is 0.185. The first-order valence-corrected chi connectivity index (χ1v) is 10.9. The fourth-order valence-electron chi connectivity index (χ4n) is 5.42. The zero-order chi connectivity index (χ0) is 23.8. The van der Waals surface area contributed by atoms with Gasteiger partial charge >= 0.3 is 0 Å². The van der Waals surface area contributed by atoms with Crippen LogP contribution in [-0.2, 0) is 14.3 Å². The van der Waals surface area contributed by atoms with Gasteiger partial charge in [0.05, 0.1) is 23.6 Å². The Morgan fingerprint density at radius 1 is 0.794 bits per heavy atom. The molecule has 3 atom stereocenters. The van der Waals surface area contributed by atoms with Gasteiger partial charge < -0.3 is 4.74 Å². The van der Waals surface area contributed by atoms with Gasteiger partial charge in [0, 0.05) is 11.1 Å². The number of anilines is 1. The minimum absolute atomic E-state index is 0.177. The highest BCUT2D eigenvalue weighted by atomic mass is 19.1. The topological polar surface area (TPSA) is 80.8 Å². The van der Waals surface area contributed by atoms with Crippen LogP contribution >= 0.6 is 0 Å². The van der Waals surface area contributed by atoms with E-state index >= 15 is 0 Å². The van der Waals surface area contributed by atoms with Crippen LogP contribution in [0.5, 0.6) is 0 Å². The maximum atomic E-state index is 13.7. The van der Waals surface area contributed by atoms with Crippen LogP contribution in [0.3, 0.4) is 0 Å². The van der Waals surface area contributed by atoms with Crippen molar-refractivity contribution in [1.82, 2.24) is 0 Å². The van der Waals surface area contributed by atoms with Crippen molar-refractivity contribution < 1.29 is 28.3 Å². The van der Waals surface area contributed by atoms with Crippen LogP contribution in [0.1, 0.15) is 37.9 Å². The quantitative estimate of drug-likeness (QED) is 0.433. The number of ketones is 2. The third-order valence-corrected chi connectivity index (χ3v) is 7.01. The van der Waals surface area contributed by atoms with Crippen molar-refractivity contribution in [1.29, 1.82) is 0 Å². The number of aryl methyl sites for hydroxylation is 1. The summed E-state index contributed by atoms with van der Waals surface area (Å²) in [6.45, 7) is 1.91. The number of benzene rings is 3. The maximum absolute atomic E-state index is 13.7. The Morgan fingerprint density at radius 2 is 1.38 bits per heavy atom. The molecule has 1 aliphatic carbocycles. The van der Waals surface area contributed by atoms with Gasteiger partial charge in [-0.15, -0.1) is 0 Å². The lowest BCUT2D eigenvalue weighted by atomic mass is 9.77. The van der Waals surface area contributed by atoms with Crippen LogP contribution in [-0.4, -0.2) is 29.0 Å². The zero-order valence-electron chi connectivity index (χ0n) is 18.0. The van der Waals surface area contributed by atoms with E-state index in [2.05, 4.69) is 0 Å². The molecule has 0 aromatic heterocycles. The lowest BCUT2D eigenvalue weighted by molar-refractivity contribution is -0.127. The van der Waals surface area contributed by atoms with Gasteiger partial charge in [0.2, 0.25) is 29.0 Å². The predicted molar refractivity (Wildman–Crippen MR) is 119 cm³/mol. The second-order valence-electron chi connectivity index (χ2n) is 8.88. The third kappa shape index (κ3) is 2.53. The number of rotatable bonds is 2. The Bertz CT molecular complexity index is 1360. The molecule has 2 aliphatic heterocycles. The van der Waals surface area contributed by atoms with Crippen molar-refractivity contribution in [3.8, 4) is 0 Å². The van der Waals surface area contributed by atoms with Gasteiger partial charge in [-0.2, -0.15) is 0 Å². The molecule has 3 aromatic rings. The molecule has 2 amide bonds. The Hall–Kier alpha value is -3.97. The third-order valence-electron chi connectivity index (χ3n) is 7.01. The molecule has 34 heavy (non-hydrogen) atoms. The van der Waals surface area contributed by atoms with Gasteiger partial charge in [-0.3, -0.25) is 19.2 Å². The van der Waals surface area contributed by atoms with Crippen LogP contribution in [0.15, 0.2) is 72.8 Å². The van der Waals surface area contributed by atoms with Crippen molar-refractivity contribution in [3.05, 3.63) is 101 Å². The minimum Gasteiger partial charge on any atom is -0.349 e. The minimum atomic E-state index is -2.12. The van der Waals surface area contributed by atoms with Gasteiger partial charge in [0.1, 0.15) is 5.82 Å². The molecule has 168 valence electrons. The van der Waals surface area contributed by atoms with Crippen molar-refractivity contribution in [2.45, 2.75) is 18.6 Å². The Kier molecular flexibility index (Phi) is 4.25. The largest absolute Gasteiger partial charge is 0.349 e. The molecule has 6 nitrogen and oxygen atoms in total. The number of hydrogen-bond acceptors (Lipinski definition) is 5. The highest BCUT2D eigenvalue weighted by molar-refractivity contribution is 6.37. The number of amides is 2. The van der Waals surface area contributed by atoms with Gasteiger partial charge in [-0.1, -0.05) is 54.1 Å². The number of nitrogens with zero attached hydrogens (tertiary/aromatic N) is 1. The molecule has 3 aliphatic rings. The molecule has 2 fully saturated rings. The first kappa shape index (κ1) is 20.6. The number of fused-ring (bicyclic) bond motifs is 3. The van der Waals surface area contributed by atoms with Crippen molar-refractivity contribution in [2.24, 2.45) is 11.8 Å². The molecular weight excluding hydrogens is 437 g/mol. The van der Waals surface area contributed by atoms with Crippen molar-refractivity contribution in [3.63, 3.8) is 0 Å². The average Bonchev–Trinajstić information content (AvgIpc) is 3.40. The molecule has 3 aromatic carbocycles. The summed E-state index contributed by atoms with van der Waals surface area (Å²) in [6, 6.07) is 18.5. The van der Waals surface area contributed by atoms with E-state index in [9.17, 15) is 23.6 Å². The summed E-state index contributed by atoms with van der Waals surface area (Å²) in [4.78, 5) is 55.7. The highest BCUT2D eigenvalue weighted by Crippen LogP contribution is 2.57. The second-order valence-corrected chi connectivity index (χ2v) is 8.88. The molecule has 2 saturated heterocycles. The number of ether oxygens (including phenoxy) is 1. The van der Waals surface area contributed by atoms with E-state index in [1.807, 2.05) is 19.1 Å². The van der Waals surface area contributed by atoms with E-state index in [4.69, 9.17) is 4.74 Å². The van der Waals surface area contributed by atoms with E-state index < -0.39 is 52.7 Å².